The predicted molar refractivity (Wildman–Crippen MR) is 72.6 cm³/mol. The summed E-state index contributed by atoms with van der Waals surface area (Å²) in [5.74, 6) is -0.415. The molecular weight excluding hydrogens is 289 g/mol. The lowest BCUT2D eigenvalue weighted by Crippen LogP contribution is -2.16. The van der Waals surface area contributed by atoms with Gasteiger partial charge >= 0.3 is 6.18 Å². The van der Waals surface area contributed by atoms with Gasteiger partial charge in [-0.3, -0.25) is 10.1 Å². The maximum absolute atomic E-state index is 13.0. The highest BCUT2D eigenvalue weighted by atomic mass is 19.4. The van der Waals surface area contributed by atoms with Crippen LogP contribution in [0.5, 0.6) is 5.75 Å². The van der Waals surface area contributed by atoms with E-state index in [0.29, 0.717) is 12.5 Å². The van der Waals surface area contributed by atoms with Crippen LogP contribution in [0.4, 0.5) is 24.5 Å². The van der Waals surface area contributed by atoms with Crippen LogP contribution in [0.2, 0.25) is 0 Å². The molecule has 0 aliphatic rings. The number of benzene rings is 1. The molecule has 5 nitrogen and oxygen atoms in total. The van der Waals surface area contributed by atoms with Crippen molar-refractivity contribution in [1.82, 2.24) is 0 Å². The highest BCUT2D eigenvalue weighted by Gasteiger charge is 2.37. The Labute approximate surface area is 120 Å². The Balaban J connectivity index is 3.43. The zero-order valence-corrected chi connectivity index (χ0v) is 12.0. The van der Waals surface area contributed by atoms with Gasteiger partial charge in [-0.15, -0.1) is 0 Å². The number of alkyl halides is 3. The number of nitrogens with one attached hydrogen (secondary N) is 1. The molecule has 0 fully saturated rings. The molecule has 0 spiro atoms. The second-order valence-corrected chi connectivity index (χ2v) is 4.51. The molecule has 0 aromatic heterocycles. The van der Waals surface area contributed by atoms with E-state index >= 15 is 0 Å². The molecule has 1 atom stereocenters. The number of nitro groups is 1. The number of ether oxygens (including phenoxy) is 1. The van der Waals surface area contributed by atoms with Crippen LogP contribution in [0.1, 0.15) is 32.8 Å². The Morgan fingerprint density at radius 3 is 2.43 bits per heavy atom. The first-order valence-electron chi connectivity index (χ1n) is 6.49. The number of rotatable bonds is 6. The summed E-state index contributed by atoms with van der Waals surface area (Å²) in [5, 5.41) is 13.8. The van der Waals surface area contributed by atoms with E-state index in [1.165, 1.54) is 0 Å². The largest absolute Gasteiger partial charge is 0.493 e. The summed E-state index contributed by atoms with van der Waals surface area (Å²) in [4.78, 5) is 10.2. The molecule has 0 saturated carbocycles. The van der Waals surface area contributed by atoms with Crippen molar-refractivity contribution < 1.29 is 22.8 Å². The standard InChI is InChI=1S/C13H17F3N2O3/c1-4-8(3)17-10-7-12(21-5-2)9(13(14,15)16)6-11(10)18(19)20/h6-8,17H,4-5H2,1-3H3. The minimum absolute atomic E-state index is 0.0193. The van der Waals surface area contributed by atoms with Crippen molar-refractivity contribution in [3.8, 4) is 5.75 Å². The van der Waals surface area contributed by atoms with Crippen LogP contribution in [0.3, 0.4) is 0 Å². The Kier molecular flexibility index (Phi) is 5.40. The number of hydrogen-bond donors (Lipinski definition) is 1. The summed E-state index contributed by atoms with van der Waals surface area (Å²) >= 11 is 0. The minimum Gasteiger partial charge on any atom is -0.493 e. The molecule has 1 aromatic rings. The molecule has 0 bridgehead atoms. The predicted octanol–water partition coefficient (Wildman–Crippen LogP) is 4.22. The fourth-order valence-electron chi connectivity index (χ4n) is 1.70. The average Bonchev–Trinajstić information content (AvgIpc) is 2.37. The Hall–Kier alpha value is -1.99. The van der Waals surface area contributed by atoms with Crippen molar-refractivity contribution >= 4 is 11.4 Å². The molecule has 1 aromatic carbocycles. The fraction of sp³-hybridized carbons (Fsp3) is 0.538. The third-order valence-corrected chi connectivity index (χ3v) is 2.91. The van der Waals surface area contributed by atoms with Crippen molar-refractivity contribution in [3.63, 3.8) is 0 Å². The van der Waals surface area contributed by atoms with Gasteiger partial charge in [-0.2, -0.15) is 13.2 Å². The van der Waals surface area contributed by atoms with Crippen LogP contribution in [-0.2, 0) is 6.18 Å². The first-order chi connectivity index (χ1) is 9.70. The van der Waals surface area contributed by atoms with Crippen molar-refractivity contribution in [2.75, 3.05) is 11.9 Å². The van der Waals surface area contributed by atoms with Crippen molar-refractivity contribution in [1.29, 1.82) is 0 Å². The monoisotopic (exact) mass is 306 g/mol. The fourth-order valence-corrected chi connectivity index (χ4v) is 1.70. The van der Waals surface area contributed by atoms with Gasteiger partial charge in [-0.1, -0.05) is 6.92 Å². The summed E-state index contributed by atoms with van der Waals surface area (Å²) in [7, 11) is 0. The second-order valence-electron chi connectivity index (χ2n) is 4.51. The zero-order chi connectivity index (χ0) is 16.2. The number of nitro benzene ring substituents is 1. The minimum atomic E-state index is -4.72. The van der Waals surface area contributed by atoms with E-state index in [-0.39, 0.29) is 18.3 Å². The third-order valence-electron chi connectivity index (χ3n) is 2.91. The molecule has 0 amide bonds. The van der Waals surface area contributed by atoms with Crippen molar-refractivity contribution in [2.45, 2.75) is 39.4 Å². The van der Waals surface area contributed by atoms with Crippen molar-refractivity contribution in [3.05, 3.63) is 27.8 Å². The highest BCUT2D eigenvalue weighted by Crippen LogP contribution is 2.42. The van der Waals surface area contributed by atoms with E-state index in [2.05, 4.69) is 5.32 Å². The summed E-state index contributed by atoms with van der Waals surface area (Å²) < 4.78 is 43.8. The highest BCUT2D eigenvalue weighted by molar-refractivity contribution is 5.67. The maximum atomic E-state index is 13.0. The van der Waals surface area contributed by atoms with Gasteiger partial charge < -0.3 is 10.1 Å². The van der Waals surface area contributed by atoms with E-state index < -0.39 is 28.1 Å². The third kappa shape index (κ3) is 4.24. The second kappa shape index (κ2) is 6.64. The molecule has 0 aliphatic carbocycles. The lowest BCUT2D eigenvalue weighted by molar-refractivity contribution is -0.384. The smallest absolute Gasteiger partial charge is 0.420 e. The first kappa shape index (κ1) is 17.1. The van der Waals surface area contributed by atoms with Gasteiger partial charge in [-0.25, -0.2) is 0 Å². The van der Waals surface area contributed by atoms with Gasteiger partial charge in [0, 0.05) is 18.2 Å². The van der Waals surface area contributed by atoms with E-state index in [4.69, 9.17) is 4.74 Å². The summed E-state index contributed by atoms with van der Waals surface area (Å²) in [6.45, 7) is 5.21. The molecule has 0 saturated heterocycles. The average molecular weight is 306 g/mol. The SMILES string of the molecule is CCOc1cc(NC(C)CC)c([N+](=O)[O-])cc1C(F)(F)F. The molecular formula is C13H17F3N2O3. The lowest BCUT2D eigenvalue weighted by atomic mass is 10.1. The van der Waals surface area contributed by atoms with Crippen LogP contribution in [0, 0.1) is 10.1 Å². The van der Waals surface area contributed by atoms with Gasteiger partial charge in [0.15, 0.2) is 0 Å². The number of halogens is 3. The zero-order valence-electron chi connectivity index (χ0n) is 12.0. The van der Waals surface area contributed by atoms with E-state index in [1.807, 2.05) is 6.92 Å². The first-order valence-corrected chi connectivity index (χ1v) is 6.49. The molecule has 118 valence electrons. The van der Waals surface area contributed by atoms with E-state index in [0.717, 1.165) is 6.07 Å². The topological polar surface area (TPSA) is 64.4 Å². The van der Waals surface area contributed by atoms with Crippen LogP contribution in [0.15, 0.2) is 12.1 Å². The van der Waals surface area contributed by atoms with Gasteiger partial charge in [-0.05, 0) is 20.3 Å². The van der Waals surface area contributed by atoms with Crippen LogP contribution >= 0.6 is 0 Å². The molecule has 1 N–H and O–H groups in total. The van der Waals surface area contributed by atoms with Gasteiger partial charge in [0.05, 0.1) is 11.5 Å². The molecule has 0 radical (unpaired) electrons. The molecule has 0 aliphatic heterocycles. The van der Waals surface area contributed by atoms with E-state index in [1.54, 1.807) is 13.8 Å². The normalized spacial score (nSPS) is 12.9. The number of anilines is 1. The Morgan fingerprint density at radius 2 is 2.00 bits per heavy atom. The lowest BCUT2D eigenvalue weighted by Gasteiger charge is -2.17. The van der Waals surface area contributed by atoms with Gasteiger partial charge in [0.1, 0.15) is 17.0 Å². The number of nitrogens with zero attached hydrogens (tertiary/aromatic N) is 1. The van der Waals surface area contributed by atoms with Crippen LogP contribution in [0.25, 0.3) is 0 Å². The molecule has 0 heterocycles. The molecule has 1 unspecified atom stereocenters. The molecule has 8 heteroatoms. The van der Waals surface area contributed by atoms with Crippen molar-refractivity contribution in [2.24, 2.45) is 0 Å². The van der Waals surface area contributed by atoms with E-state index in [9.17, 15) is 23.3 Å². The maximum Gasteiger partial charge on any atom is 0.420 e. The molecule has 21 heavy (non-hydrogen) atoms. The van der Waals surface area contributed by atoms with Gasteiger partial charge in [0.25, 0.3) is 5.69 Å². The Morgan fingerprint density at radius 1 is 1.38 bits per heavy atom. The molecule has 1 rings (SSSR count). The van der Waals surface area contributed by atoms with Crippen LogP contribution in [-0.4, -0.2) is 17.6 Å². The summed E-state index contributed by atoms with van der Waals surface area (Å²) in [6.07, 6.45) is -4.05. The van der Waals surface area contributed by atoms with Gasteiger partial charge in [0.2, 0.25) is 0 Å². The Bertz CT molecular complexity index is 518. The van der Waals surface area contributed by atoms with Crippen LogP contribution < -0.4 is 10.1 Å². The number of hydrogen-bond acceptors (Lipinski definition) is 4. The summed E-state index contributed by atoms with van der Waals surface area (Å²) in [6, 6.07) is 1.43. The summed E-state index contributed by atoms with van der Waals surface area (Å²) in [5.41, 5.74) is -1.75. The quantitative estimate of drug-likeness (QED) is 0.631.